The summed E-state index contributed by atoms with van der Waals surface area (Å²) in [5.41, 5.74) is 0.322. The van der Waals surface area contributed by atoms with Gasteiger partial charge < -0.3 is 10.6 Å². The number of hydrogen-bond donors (Lipinski definition) is 2. The van der Waals surface area contributed by atoms with Gasteiger partial charge in [0.1, 0.15) is 11.2 Å². The molecule has 0 bridgehead atoms. The van der Waals surface area contributed by atoms with Crippen LogP contribution in [-0.4, -0.2) is 11.8 Å². The van der Waals surface area contributed by atoms with Crippen LogP contribution in [-0.2, 0) is 9.59 Å². The van der Waals surface area contributed by atoms with E-state index in [1.807, 2.05) is 6.92 Å². The minimum absolute atomic E-state index is 0.291. The minimum Gasteiger partial charge on any atom is -0.325 e. The number of carbonyl (C=O) groups is 2. The van der Waals surface area contributed by atoms with Crippen LogP contribution in [0.25, 0.3) is 0 Å². The lowest BCUT2D eigenvalue weighted by atomic mass is 9.90. The first-order chi connectivity index (χ1) is 11.2. The summed E-state index contributed by atoms with van der Waals surface area (Å²) in [6.45, 7) is 4.84. The third-order valence-corrected chi connectivity index (χ3v) is 4.05. The Bertz CT molecular complexity index is 790. The highest BCUT2D eigenvalue weighted by molar-refractivity contribution is 6.31. The van der Waals surface area contributed by atoms with E-state index in [-0.39, 0.29) is 0 Å². The predicted octanol–water partition coefficient (Wildman–Crippen LogP) is 4.39. The number of rotatable bonds is 4. The largest absolute Gasteiger partial charge is 0.325 e. The fraction of sp³-hybridized carbons (Fsp3) is 0.222. The summed E-state index contributed by atoms with van der Waals surface area (Å²) < 4.78 is 13.2. The van der Waals surface area contributed by atoms with Crippen LogP contribution in [0, 0.1) is 18.2 Å². The summed E-state index contributed by atoms with van der Waals surface area (Å²) in [5.74, 6) is -1.50. The Morgan fingerprint density at radius 3 is 2.12 bits per heavy atom. The molecule has 0 saturated carbocycles. The number of aryl methyl sites for hydroxylation is 1. The monoisotopic (exact) mass is 348 g/mol. The van der Waals surface area contributed by atoms with E-state index in [0.29, 0.717) is 16.4 Å². The zero-order valence-corrected chi connectivity index (χ0v) is 14.4. The Labute approximate surface area is 145 Å². The van der Waals surface area contributed by atoms with E-state index in [1.165, 1.54) is 32.0 Å². The average Bonchev–Trinajstić information content (AvgIpc) is 2.50. The molecule has 0 fully saturated rings. The van der Waals surface area contributed by atoms with Crippen molar-refractivity contribution in [1.29, 1.82) is 0 Å². The molecular formula is C18H18ClFN2O2. The lowest BCUT2D eigenvalue weighted by Gasteiger charge is -2.23. The molecule has 6 heteroatoms. The quantitative estimate of drug-likeness (QED) is 0.805. The minimum atomic E-state index is -1.36. The highest BCUT2D eigenvalue weighted by Gasteiger charge is 2.36. The van der Waals surface area contributed by atoms with Gasteiger partial charge in [-0.1, -0.05) is 23.7 Å². The number of nitrogens with one attached hydrogen (secondary N) is 2. The Kier molecular flexibility index (Phi) is 5.24. The molecule has 0 saturated heterocycles. The van der Waals surface area contributed by atoms with E-state index in [0.717, 1.165) is 5.56 Å². The first-order valence-corrected chi connectivity index (χ1v) is 7.72. The molecule has 2 N–H and O–H groups in total. The van der Waals surface area contributed by atoms with E-state index in [2.05, 4.69) is 10.6 Å². The van der Waals surface area contributed by atoms with Gasteiger partial charge in [0.25, 0.3) is 0 Å². The number of carbonyl (C=O) groups excluding carboxylic acids is 2. The number of halogens is 2. The molecule has 2 aromatic carbocycles. The summed E-state index contributed by atoms with van der Waals surface area (Å²) in [6, 6.07) is 10.6. The second kappa shape index (κ2) is 7.01. The summed E-state index contributed by atoms with van der Waals surface area (Å²) in [7, 11) is 0. The second-order valence-electron chi connectivity index (χ2n) is 6.01. The van der Waals surface area contributed by atoms with E-state index in [9.17, 15) is 14.0 Å². The fourth-order valence-electron chi connectivity index (χ4n) is 1.91. The Morgan fingerprint density at radius 1 is 1.00 bits per heavy atom. The molecular weight excluding hydrogens is 331 g/mol. The first kappa shape index (κ1) is 17.9. The van der Waals surface area contributed by atoms with Crippen LogP contribution in [0.2, 0.25) is 5.02 Å². The van der Waals surface area contributed by atoms with Crippen molar-refractivity contribution in [3.8, 4) is 0 Å². The van der Waals surface area contributed by atoms with E-state index in [1.54, 1.807) is 24.3 Å². The van der Waals surface area contributed by atoms with Crippen molar-refractivity contribution in [3.05, 3.63) is 58.9 Å². The molecule has 0 aliphatic rings. The van der Waals surface area contributed by atoms with Crippen molar-refractivity contribution in [2.24, 2.45) is 5.41 Å². The molecule has 0 spiro atoms. The standard InChI is InChI=1S/C18H18ClFN2O2/c1-11-7-8-14(10-15(11)19)22-17(24)18(2,3)16(23)21-13-6-4-5-12(20)9-13/h4-10H,1-3H3,(H,21,23)(H,22,24). The normalized spacial score (nSPS) is 11.0. The fourth-order valence-corrected chi connectivity index (χ4v) is 2.10. The van der Waals surface area contributed by atoms with Gasteiger partial charge in [-0.25, -0.2) is 4.39 Å². The molecule has 0 atom stereocenters. The van der Waals surface area contributed by atoms with Crippen molar-refractivity contribution in [2.45, 2.75) is 20.8 Å². The lowest BCUT2D eigenvalue weighted by molar-refractivity contribution is -0.135. The number of hydrogen-bond acceptors (Lipinski definition) is 2. The van der Waals surface area contributed by atoms with Crippen molar-refractivity contribution in [2.75, 3.05) is 10.6 Å². The van der Waals surface area contributed by atoms with Crippen molar-refractivity contribution in [1.82, 2.24) is 0 Å². The molecule has 0 radical (unpaired) electrons. The lowest BCUT2D eigenvalue weighted by Crippen LogP contribution is -2.41. The van der Waals surface area contributed by atoms with Gasteiger partial charge >= 0.3 is 0 Å². The first-order valence-electron chi connectivity index (χ1n) is 7.35. The molecule has 0 aliphatic carbocycles. The van der Waals surface area contributed by atoms with Gasteiger partial charge in [-0.05, 0) is 56.7 Å². The molecule has 4 nitrogen and oxygen atoms in total. The summed E-state index contributed by atoms with van der Waals surface area (Å²) in [6.07, 6.45) is 0. The predicted molar refractivity (Wildman–Crippen MR) is 93.6 cm³/mol. The van der Waals surface area contributed by atoms with Crippen molar-refractivity contribution in [3.63, 3.8) is 0 Å². The Balaban J connectivity index is 2.11. The molecule has 2 aromatic rings. The van der Waals surface area contributed by atoms with Crippen LogP contribution in [0.5, 0.6) is 0 Å². The smallest absolute Gasteiger partial charge is 0.239 e. The SMILES string of the molecule is Cc1ccc(NC(=O)C(C)(C)C(=O)Nc2cccc(F)c2)cc1Cl. The molecule has 24 heavy (non-hydrogen) atoms. The van der Waals surface area contributed by atoms with Crippen LogP contribution in [0.15, 0.2) is 42.5 Å². The number of benzene rings is 2. The molecule has 0 aliphatic heterocycles. The topological polar surface area (TPSA) is 58.2 Å². The third kappa shape index (κ3) is 4.11. The maximum Gasteiger partial charge on any atom is 0.239 e. The van der Waals surface area contributed by atoms with Gasteiger partial charge in [0.15, 0.2) is 0 Å². The van der Waals surface area contributed by atoms with Crippen LogP contribution in [0.1, 0.15) is 19.4 Å². The molecule has 0 aromatic heterocycles. The Hall–Kier alpha value is -2.40. The molecule has 2 amide bonds. The van der Waals surface area contributed by atoms with Gasteiger partial charge in [-0.2, -0.15) is 0 Å². The molecule has 2 rings (SSSR count). The van der Waals surface area contributed by atoms with E-state index >= 15 is 0 Å². The van der Waals surface area contributed by atoms with Crippen LogP contribution >= 0.6 is 11.6 Å². The van der Waals surface area contributed by atoms with Gasteiger partial charge in [0.2, 0.25) is 11.8 Å². The molecule has 0 heterocycles. The molecule has 0 unspecified atom stereocenters. The molecule has 126 valence electrons. The average molecular weight is 349 g/mol. The summed E-state index contributed by atoms with van der Waals surface area (Å²) in [4.78, 5) is 24.8. The van der Waals surface area contributed by atoms with Gasteiger partial charge in [-0.15, -0.1) is 0 Å². The highest BCUT2D eigenvalue weighted by atomic mass is 35.5. The highest BCUT2D eigenvalue weighted by Crippen LogP contribution is 2.24. The maximum absolute atomic E-state index is 13.2. The third-order valence-electron chi connectivity index (χ3n) is 3.65. The van der Waals surface area contributed by atoms with Crippen molar-refractivity contribution < 1.29 is 14.0 Å². The van der Waals surface area contributed by atoms with Crippen molar-refractivity contribution >= 4 is 34.8 Å². The van der Waals surface area contributed by atoms with Crippen LogP contribution < -0.4 is 10.6 Å². The maximum atomic E-state index is 13.2. The summed E-state index contributed by atoms with van der Waals surface area (Å²) in [5, 5.41) is 5.74. The number of amides is 2. The van der Waals surface area contributed by atoms with Gasteiger partial charge in [0, 0.05) is 16.4 Å². The summed E-state index contributed by atoms with van der Waals surface area (Å²) >= 11 is 6.03. The zero-order valence-electron chi connectivity index (χ0n) is 13.6. The van der Waals surface area contributed by atoms with Crippen LogP contribution in [0.3, 0.4) is 0 Å². The van der Waals surface area contributed by atoms with Crippen LogP contribution in [0.4, 0.5) is 15.8 Å². The second-order valence-corrected chi connectivity index (χ2v) is 6.41. The van der Waals surface area contributed by atoms with Gasteiger partial charge in [-0.3, -0.25) is 9.59 Å². The number of anilines is 2. The van der Waals surface area contributed by atoms with E-state index in [4.69, 9.17) is 11.6 Å². The zero-order chi connectivity index (χ0) is 17.9. The van der Waals surface area contributed by atoms with Gasteiger partial charge in [0.05, 0.1) is 0 Å². The Morgan fingerprint density at radius 2 is 1.58 bits per heavy atom. The van der Waals surface area contributed by atoms with E-state index < -0.39 is 23.0 Å².